The van der Waals surface area contributed by atoms with E-state index in [9.17, 15) is 13.2 Å². The van der Waals surface area contributed by atoms with Crippen LogP contribution in [0.2, 0.25) is 0 Å². The van der Waals surface area contributed by atoms with Crippen LogP contribution in [0.1, 0.15) is 45.1 Å². The van der Waals surface area contributed by atoms with Gasteiger partial charge in [-0.3, -0.25) is 4.79 Å². The van der Waals surface area contributed by atoms with Crippen molar-refractivity contribution < 1.29 is 13.2 Å². The fourth-order valence-corrected chi connectivity index (χ4v) is 4.24. The van der Waals surface area contributed by atoms with Crippen molar-refractivity contribution in [2.75, 3.05) is 11.9 Å². The molecule has 0 heterocycles. The standard InChI is InChI=1S/C17H27N3O3S/c1-4-17(5-2,11-18)16(21)19-14-7-6-12(3)15(10-14)24(22,23)20-13-8-9-13/h6-7,10,13,20H,4-5,8-9,11,18H2,1-3H3,(H,19,21). The lowest BCUT2D eigenvalue weighted by Gasteiger charge is -2.28. The highest BCUT2D eigenvalue weighted by atomic mass is 32.2. The number of benzene rings is 1. The van der Waals surface area contributed by atoms with Gasteiger partial charge in [-0.1, -0.05) is 19.9 Å². The third-order valence-corrected chi connectivity index (χ3v) is 6.52. The zero-order valence-corrected chi connectivity index (χ0v) is 15.4. The van der Waals surface area contributed by atoms with Crippen molar-refractivity contribution in [3.63, 3.8) is 0 Å². The number of nitrogens with one attached hydrogen (secondary N) is 2. The number of nitrogens with two attached hydrogens (primary N) is 1. The summed E-state index contributed by atoms with van der Waals surface area (Å²) >= 11 is 0. The average Bonchev–Trinajstić information content (AvgIpc) is 3.34. The first kappa shape index (κ1) is 18.9. The fraction of sp³-hybridized carbons (Fsp3) is 0.588. The SMILES string of the molecule is CCC(CC)(CN)C(=O)Nc1ccc(C)c(S(=O)(=O)NC2CC2)c1. The summed E-state index contributed by atoms with van der Waals surface area (Å²) in [5.41, 5.74) is 6.30. The third-order valence-electron chi connectivity index (χ3n) is 4.86. The lowest BCUT2D eigenvalue weighted by molar-refractivity contribution is -0.125. The zero-order valence-electron chi connectivity index (χ0n) is 14.6. The van der Waals surface area contributed by atoms with Crippen molar-refractivity contribution in [3.8, 4) is 0 Å². The van der Waals surface area contributed by atoms with Crippen LogP contribution in [-0.4, -0.2) is 26.9 Å². The predicted octanol–water partition coefficient (Wildman–Crippen LogP) is 2.14. The summed E-state index contributed by atoms with van der Waals surface area (Å²) < 4.78 is 27.6. The Morgan fingerprint density at radius 2 is 1.92 bits per heavy atom. The highest BCUT2D eigenvalue weighted by Crippen LogP contribution is 2.29. The van der Waals surface area contributed by atoms with Crippen LogP contribution in [0.3, 0.4) is 0 Å². The minimum atomic E-state index is -3.56. The molecule has 0 saturated heterocycles. The number of aryl methyl sites for hydroxylation is 1. The quantitative estimate of drug-likeness (QED) is 0.666. The van der Waals surface area contributed by atoms with Gasteiger partial charge in [0.2, 0.25) is 15.9 Å². The molecule has 0 aromatic heterocycles. The Morgan fingerprint density at radius 3 is 2.42 bits per heavy atom. The molecule has 6 nitrogen and oxygen atoms in total. The monoisotopic (exact) mass is 353 g/mol. The van der Waals surface area contributed by atoms with E-state index in [2.05, 4.69) is 10.0 Å². The molecule has 1 amide bonds. The number of hydrogen-bond donors (Lipinski definition) is 3. The molecule has 1 aromatic carbocycles. The van der Waals surface area contributed by atoms with Crippen molar-refractivity contribution >= 4 is 21.6 Å². The van der Waals surface area contributed by atoms with Gasteiger partial charge in [-0.05, 0) is 50.3 Å². The minimum absolute atomic E-state index is 0.0396. The highest BCUT2D eigenvalue weighted by Gasteiger charge is 2.34. The van der Waals surface area contributed by atoms with E-state index < -0.39 is 15.4 Å². The average molecular weight is 353 g/mol. The summed E-state index contributed by atoms with van der Waals surface area (Å²) in [7, 11) is -3.56. The van der Waals surface area contributed by atoms with Crippen LogP contribution in [0.25, 0.3) is 0 Å². The van der Waals surface area contributed by atoms with E-state index in [4.69, 9.17) is 5.73 Å². The first-order valence-corrected chi connectivity index (χ1v) is 9.91. The molecule has 1 fully saturated rings. The van der Waals surface area contributed by atoms with Gasteiger partial charge in [0.15, 0.2) is 0 Å². The van der Waals surface area contributed by atoms with E-state index in [1.807, 2.05) is 13.8 Å². The second-order valence-electron chi connectivity index (χ2n) is 6.52. The molecule has 134 valence electrons. The molecular weight excluding hydrogens is 326 g/mol. The van der Waals surface area contributed by atoms with Crippen LogP contribution in [0, 0.1) is 12.3 Å². The normalized spacial score (nSPS) is 15.3. The maximum absolute atomic E-state index is 12.6. The van der Waals surface area contributed by atoms with Gasteiger partial charge >= 0.3 is 0 Å². The molecule has 1 aliphatic rings. The Labute approximate surface area is 144 Å². The number of anilines is 1. The zero-order chi connectivity index (χ0) is 18.0. The molecule has 1 aliphatic carbocycles. The first-order valence-electron chi connectivity index (χ1n) is 8.42. The summed E-state index contributed by atoms with van der Waals surface area (Å²) in [5, 5.41) is 2.83. The number of sulfonamides is 1. The molecule has 24 heavy (non-hydrogen) atoms. The van der Waals surface area contributed by atoms with Gasteiger partial charge in [0.05, 0.1) is 10.3 Å². The third kappa shape index (κ3) is 3.96. The Bertz CT molecular complexity index is 700. The van der Waals surface area contributed by atoms with Crippen molar-refractivity contribution in [3.05, 3.63) is 23.8 Å². The summed E-state index contributed by atoms with van der Waals surface area (Å²) in [6.45, 7) is 5.86. The predicted molar refractivity (Wildman–Crippen MR) is 95.2 cm³/mol. The molecule has 0 spiro atoms. The largest absolute Gasteiger partial charge is 0.329 e. The number of hydrogen-bond acceptors (Lipinski definition) is 4. The maximum Gasteiger partial charge on any atom is 0.241 e. The van der Waals surface area contributed by atoms with Gasteiger partial charge in [0.1, 0.15) is 0 Å². The van der Waals surface area contributed by atoms with Gasteiger partial charge in [-0.25, -0.2) is 13.1 Å². The second kappa shape index (κ2) is 7.21. The van der Waals surface area contributed by atoms with E-state index in [0.717, 1.165) is 12.8 Å². The van der Waals surface area contributed by atoms with Crippen molar-refractivity contribution in [2.45, 2.75) is 57.4 Å². The molecule has 0 atom stereocenters. The number of rotatable bonds is 8. The molecule has 1 saturated carbocycles. The van der Waals surface area contributed by atoms with Gasteiger partial charge < -0.3 is 11.1 Å². The van der Waals surface area contributed by atoms with Gasteiger partial charge in [0, 0.05) is 18.3 Å². The Hall–Kier alpha value is -1.44. The molecule has 1 aromatic rings. The fourth-order valence-electron chi connectivity index (χ4n) is 2.67. The lowest BCUT2D eigenvalue weighted by Crippen LogP contribution is -2.41. The molecule has 7 heteroatoms. The van der Waals surface area contributed by atoms with Gasteiger partial charge in [-0.2, -0.15) is 0 Å². The molecule has 2 rings (SSSR count). The van der Waals surface area contributed by atoms with Crippen LogP contribution in [-0.2, 0) is 14.8 Å². The van der Waals surface area contributed by atoms with Gasteiger partial charge in [-0.15, -0.1) is 0 Å². The Balaban J connectivity index is 2.26. The Morgan fingerprint density at radius 1 is 1.29 bits per heavy atom. The minimum Gasteiger partial charge on any atom is -0.329 e. The van der Waals surface area contributed by atoms with Gasteiger partial charge in [0.25, 0.3) is 0 Å². The van der Waals surface area contributed by atoms with Crippen molar-refractivity contribution in [2.24, 2.45) is 11.1 Å². The van der Waals surface area contributed by atoms with E-state index in [-0.39, 0.29) is 23.4 Å². The summed E-state index contributed by atoms with van der Waals surface area (Å²) in [5.74, 6) is -0.169. The smallest absolute Gasteiger partial charge is 0.241 e. The topological polar surface area (TPSA) is 101 Å². The van der Waals surface area contributed by atoms with Crippen LogP contribution in [0.4, 0.5) is 5.69 Å². The molecule has 0 aliphatic heterocycles. The Kier molecular flexibility index (Phi) is 5.67. The number of amides is 1. The molecule has 0 unspecified atom stereocenters. The highest BCUT2D eigenvalue weighted by molar-refractivity contribution is 7.89. The summed E-state index contributed by atoms with van der Waals surface area (Å²) in [6, 6.07) is 4.98. The van der Waals surface area contributed by atoms with E-state index in [1.165, 1.54) is 6.07 Å². The van der Waals surface area contributed by atoms with Crippen molar-refractivity contribution in [1.82, 2.24) is 4.72 Å². The van der Waals surface area contributed by atoms with E-state index in [0.29, 0.717) is 24.1 Å². The first-order chi connectivity index (χ1) is 11.3. The van der Waals surface area contributed by atoms with Crippen LogP contribution in [0.5, 0.6) is 0 Å². The molecule has 0 radical (unpaired) electrons. The molecule has 4 N–H and O–H groups in total. The second-order valence-corrected chi connectivity index (χ2v) is 8.20. The van der Waals surface area contributed by atoms with E-state index >= 15 is 0 Å². The molecular formula is C17H27N3O3S. The van der Waals surface area contributed by atoms with E-state index in [1.54, 1.807) is 19.1 Å². The number of carbonyl (C=O) groups excluding carboxylic acids is 1. The molecule has 0 bridgehead atoms. The lowest BCUT2D eigenvalue weighted by atomic mass is 9.81. The maximum atomic E-state index is 12.6. The van der Waals surface area contributed by atoms with Crippen LogP contribution < -0.4 is 15.8 Å². The van der Waals surface area contributed by atoms with Crippen LogP contribution in [0.15, 0.2) is 23.1 Å². The van der Waals surface area contributed by atoms with Crippen molar-refractivity contribution in [1.29, 1.82) is 0 Å². The summed E-state index contributed by atoms with van der Waals surface area (Å²) in [4.78, 5) is 12.8. The van der Waals surface area contributed by atoms with Crippen LogP contribution >= 0.6 is 0 Å². The number of carbonyl (C=O) groups is 1. The summed E-state index contributed by atoms with van der Waals surface area (Å²) in [6.07, 6.45) is 3.01.